The molecule has 0 aliphatic carbocycles. The Labute approximate surface area is 119 Å². The molecule has 0 aliphatic rings. The molecule has 0 saturated heterocycles. The van der Waals surface area contributed by atoms with E-state index in [1.54, 1.807) is 27.9 Å². The summed E-state index contributed by atoms with van der Waals surface area (Å²) in [5.74, 6) is 0.715. The number of methoxy groups -OCH3 is 1. The zero-order valence-corrected chi connectivity index (χ0v) is 12.7. The Morgan fingerprint density at radius 3 is 2.55 bits per heavy atom. The van der Waals surface area contributed by atoms with Crippen LogP contribution in [0.4, 0.5) is 4.79 Å². The molecule has 1 unspecified atom stereocenters. The molecule has 20 heavy (non-hydrogen) atoms. The van der Waals surface area contributed by atoms with Gasteiger partial charge in [-0.1, -0.05) is 12.1 Å². The van der Waals surface area contributed by atoms with Crippen molar-refractivity contribution in [1.29, 1.82) is 0 Å². The van der Waals surface area contributed by atoms with Crippen LogP contribution in [-0.2, 0) is 4.74 Å². The topological polar surface area (TPSA) is 67.8 Å². The molecule has 0 saturated carbocycles. The van der Waals surface area contributed by atoms with Gasteiger partial charge in [0.15, 0.2) is 0 Å². The van der Waals surface area contributed by atoms with Gasteiger partial charge in [0.1, 0.15) is 11.4 Å². The number of alkyl carbamates (subject to hydrolysis) is 1. The van der Waals surface area contributed by atoms with Crippen LogP contribution in [0.25, 0.3) is 0 Å². The van der Waals surface area contributed by atoms with E-state index >= 15 is 0 Å². The lowest BCUT2D eigenvalue weighted by Crippen LogP contribution is -2.36. The molecule has 0 fully saturated rings. The fourth-order valence-corrected chi connectivity index (χ4v) is 1.90. The fourth-order valence-electron chi connectivity index (χ4n) is 1.90. The maximum absolute atomic E-state index is 11.8. The number of aliphatic hydroxyl groups excluding tert-OH is 1. The summed E-state index contributed by atoms with van der Waals surface area (Å²) in [6, 6.07) is 4.97. The molecule has 0 radical (unpaired) electrons. The quantitative estimate of drug-likeness (QED) is 0.890. The van der Waals surface area contributed by atoms with Gasteiger partial charge in [-0.25, -0.2) is 4.79 Å². The van der Waals surface area contributed by atoms with Gasteiger partial charge in [0.25, 0.3) is 0 Å². The minimum absolute atomic E-state index is 0.215. The van der Waals surface area contributed by atoms with E-state index in [4.69, 9.17) is 9.47 Å². The van der Waals surface area contributed by atoms with E-state index in [0.29, 0.717) is 5.75 Å². The Kier molecular flexibility index (Phi) is 5.39. The second kappa shape index (κ2) is 6.61. The summed E-state index contributed by atoms with van der Waals surface area (Å²) in [6.07, 6.45) is -0.557. The van der Waals surface area contributed by atoms with E-state index in [0.717, 1.165) is 11.1 Å². The van der Waals surface area contributed by atoms with Gasteiger partial charge in [0.2, 0.25) is 0 Å². The number of rotatable bonds is 4. The minimum atomic E-state index is -0.576. The van der Waals surface area contributed by atoms with Crippen molar-refractivity contribution < 1.29 is 19.4 Å². The monoisotopic (exact) mass is 281 g/mol. The minimum Gasteiger partial charge on any atom is -0.496 e. The average Bonchev–Trinajstić information content (AvgIpc) is 2.34. The van der Waals surface area contributed by atoms with Crippen molar-refractivity contribution in [2.75, 3.05) is 13.7 Å². The lowest BCUT2D eigenvalue weighted by Gasteiger charge is -2.24. The molecule has 1 atom stereocenters. The lowest BCUT2D eigenvalue weighted by molar-refractivity contribution is 0.0481. The summed E-state index contributed by atoms with van der Waals surface area (Å²) < 4.78 is 10.4. The Hall–Kier alpha value is -1.75. The molecular formula is C15H23NO4. The van der Waals surface area contributed by atoms with Crippen molar-refractivity contribution in [3.05, 3.63) is 29.3 Å². The molecule has 112 valence electrons. The first-order valence-electron chi connectivity index (χ1n) is 6.52. The molecule has 1 amide bonds. The molecular weight excluding hydrogens is 258 g/mol. The normalized spacial score (nSPS) is 12.7. The largest absolute Gasteiger partial charge is 0.496 e. The van der Waals surface area contributed by atoms with E-state index < -0.39 is 17.7 Å². The highest BCUT2D eigenvalue weighted by atomic mass is 16.6. The fraction of sp³-hybridized carbons (Fsp3) is 0.533. The van der Waals surface area contributed by atoms with E-state index in [1.165, 1.54) is 0 Å². The van der Waals surface area contributed by atoms with Crippen molar-refractivity contribution in [3.63, 3.8) is 0 Å². The van der Waals surface area contributed by atoms with Crippen LogP contribution in [0.2, 0.25) is 0 Å². The average molecular weight is 281 g/mol. The number of benzene rings is 1. The number of carbonyl (C=O) groups is 1. The molecule has 1 aromatic rings. The van der Waals surface area contributed by atoms with Crippen LogP contribution >= 0.6 is 0 Å². The van der Waals surface area contributed by atoms with Gasteiger partial charge in [-0.05, 0) is 44.9 Å². The number of amides is 1. The van der Waals surface area contributed by atoms with E-state index in [-0.39, 0.29) is 6.61 Å². The highest BCUT2D eigenvalue weighted by Gasteiger charge is 2.21. The zero-order valence-electron chi connectivity index (χ0n) is 12.7. The van der Waals surface area contributed by atoms with Crippen molar-refractivity contribution >= 4 is 6.09 Å². The SMILES string of the molecule is COc1cccc(C(CO)NC(=O)OC(C)(C)C)c1C. The third-order valence-electron chi connectivity index (χ3n) is 2.79. The Morgan fingerprint density at radius 2 is 2.05 bits per heavy atom. The number of ether oxygens (including phenoxy) is 2. The first-order chi connectivity index (χ1) is 9.28. The van der Waals surface area contributed by atoms with Gasteiger partial charge < -0.3 is 19.9 Å². The molecule has 2 N–H and O–H groups in total. The van der Waals surface area contributed by atoms with Gasteiger partial charge in [-0.2, -0.15) is 0 Å². The summed E-state index contributed by atoms with van der Waals surface area (Å²) in [4.78, 5) is 11.8. The Morgan fingerprint density at radius 1 is 1.40 bits per heavy atom. The molecule has 0 spiro atoms. The zero-order chi connectivity index (χ0) is 15.3. The van der Waals surface area contributed by atoms with E-state index in [9.17, 15) is 9.90 Å². The number of carbonyl (C=O) groups excluding carboxylic acids is 1. The summed E-state index contributed by atoms with van der Waals surface area (Å²) in [6.45, 7) is 7.03. The van der Waals surface area contributed by atoms with Gasteiger partial charge in [-0.15, -0.1) is 0 Å². The maximum Gasteiger partial charge on any atom is 0.408 e. The molecule has 0 aliphatic heterocycles. The van der Waals surface area contributed by atoms with Crippen molar-refractivity contribution in [3.8, 4) is 5.75 Å². The third kappa shape index (κ3) is 4.42. The number of aliphatic hydroxyl groups is 1. The molecule has 5 nitrogen and oxygen atoms in total. The van der Waals surface area contributed by atoms with E-state index in [1.807, 2.05) is 25.1 Å². The van der Waals surface area contributed by atoms with Crippen LogP contribution in [0.1, 0.15) is 37.9 Å². The van der Waals surface area contributed by atoms with Crippen LogP contribution < -0.4 is 10.1 Å². The van der Waals surface area contributed by atoms with Crippen molar-refractivity contribution in [1.82, 2.24) is 5.32 Å². The summed E-state index contributed by atoms with van der Waals surface area (Å²) in [5, 5.41) is 12.2. The highest BCUT2D eigenvalue weighted by molar-refractivity contribution is 5.68. The molecule has 0 heterocycles. The number of hydrogen-bond acceptors (Lipinski definition) is 4. The van der Waals surface area contributed by atoms with Crippen LogP contribution in [0.3, 0.4) is 0 Å². The van der Waals surface area contributed by atoms with Crippen LogP contribution in [-0.4, -0.2) is 30.5 Å². The van der Waals surface area contributed by atoms with Crippen LogP contribution in [0.15, 0.2) is 18.2 Å². The second-order valence-electron chi connectivity index (χ2n) is 5.56. The maximum atomic E-state index is 11.8. The van der Waals surface area contributed by atoms with Crippen LogP contribution in [0, 0.1) is 6.92 Å². The smallest absolute Gasteiger partial charge is 0.408 e. The van der Waals surface area contributed by atoms with Gasteiger partial charge in [0.05, 0.1) is 19.8 Å². The molecule has 1 aromatic carbocycles. The summed E-state index contributed by atoms with van der Waals surface area (Å²) in [5.41, 5.74) is 1.11. The van der Waals surface area contributed by atoms with Gasteiger partial charge in [-0.3, -0.25) is 0 Å². The molecule has 0 aromatic heterocycles. The highest BCUT2D eigenvalue weighted by Crippen LogP contribution is 2.26. The van der Waals surface area contributed by atoms with Crippen LogP contribution in [0.5, 0.6) is 5.75 Å². The second-order valence-corrected chi connectivity index (χ2v) is 5.56. The summed E-state index contributed by atoms with van der Waals surface area (Å²) in [7, 11) is 1.58. The molecule has 0 bridgehead atoms. The first kappa shape index (κ1) is 16.3. The van der Waals surface area contributed by atoms with Crippen molar-refractivity contribution in [2.45, 2.75) is 39.3 Å². The first-order valence-corrected chi connectivity index (χ1v) is 6.52. The van der Waals surface area contributed by atoms with E-state index in [2.05, 4.69) is 5.32 Å². The standard InChI is InChI=1S/C15H23NO4/c1-10-11(7-6-8-13(10)19-5)12(9-17)16-14(18)20-15(2,3)4/h6-8,12,17H,9H2,1-5H3,(H,16,18). The molecule has 1 rings (SSSR count). The Balaban J connectivity index is 2.89. The van der Waals surface area contributed by atoms with Gasteiger partial charge >= 0.3 is 6.09 Å². The molecule has 5 heteroatoms. The predicted octanol–water partition coefficient (Wildman–Crippen LogP) is 2.56. The number of nitrogens with one attached hydrogen (secondary N) is 1. The third-order valence-corrected chi connectivity index (χ3v) is 2.79. The predicted molar refractivity (Wildman–Crippen MR) is 76.9 cm³/mol. The number of hydrogen-bond donors (Lipinski definition) is 2. The van der Waals surface area contributed by atoms with Gasteiger partial charge in [0, 0.05) is 0 Å². The van der Waals surface area contributed by atoms with Crippen molar-refractivity contribution in [2.24, 2.45) is 0 Å². The Bertz CT molecular complexity index is 465. The summed E-state index contributed by atoms with van der Waals surface area (Å²) >= 11 is 0. The lowest BCUT2D eigenvalue weighted by atomic mass is 10.0.